The second-order valence-electron chi connectivity index (χ2n) is 3.41. The van der Waals surface area contributed by atoms with Gasteiger partial charge in [0.2, 0.25) is 0 Å². The zero-order valence-electron chi connectivity index (χ0n) is 9.17. The predicted molar refractivity (Wildman–Crippen MR) is 57.3 cm³/mol. The molecule has 1 aromatic rings. The van der Waals surface area contributed by atoms with Gasteiger partial charge in [0.25, 0.3) is 6.43 Å². The van der Waals surface area contributed by atoms with Crippen LogP contribution in [0.1, 0.15) is 29.9 Å². The van der Waals surface area contributed by atoms with Gasteiger partial charge >= 0.3 is 6.61 Å². The zero-order chi connectivity index (χ0) is 13.9. The molecule has 18 heavy (non-hydrogen) atoms. The summed E-state index contributed by atoms with van der Waals surface area (Å²) in [6.07, 6.45) is -3.07. The van der Waals surface area contributed by atoms with Crippen LogP contribution in [-0.2, 0) is 4.79 Å². The van der Waals surface area contributed by atoms with Gasteiger partial charge in [-0.3, -0.25) is 4.79 Å². The van der Waals surface area contributed by atoms with E-state index in [0.717, 1.165) is 13.0 Å². The summed E-state index contributed by atoms with van der Waals surface area (Å²) < 4.78 is 53.9. The minimum absolute atomic E-state index is 0.225. The Kier molecular flexibility index (Phi) is 4.95. The first-order valence-corrected chi connectivity index (χ1v) is 5.28. The van der Waals surface area contributed by atoms with E-state index in [1.165, 1.54) is 12.1 Å². The standard InChI is InChI=1S/C11H9ClF4O2/c1-5(17)9(12)6-3-2-4-7(18-11(15)16)8(6)10(13)14/h2-4,9-11H,1H3. The van der Waals surface area contributed by atoms with Gasteiger partial charge in [0.1, 0.15) is 11.1 Å². The molecule has 0 saturated heterocycles. The number of alkyl halides is 5. The van der Waals surface area contributed by atoms with Crippen molar-refractivity contribution in [2.75, 3.05) is 0 Å². The van der Waals surface area contributed by atoms with E-state index in [1.54, 1.807) is 0 Å². The van der Waals surface area contributed by atoms with Gasteiger partial charge in [-0.2, -0.15) is 8.78 Å². The molecular weight excluding hydrogens is 276 g/mol. The highest BCUT2D eigenvalue weighted by molar-refractivity contribution is 6.30. The molecule has 1 atom stereocenters. The Balaban J connectivity index is 3.30. The van der Waals surface area contributed by atoms with E-state index >= 15 is 0 Å². The molecule has 0 bridgehead atoms. The van der Waals surface area contributed by atoms with Crippen LogP contribution in [-0.4, -0.2) is 12.4 Å². The van der Waals surface area contributed by atoms with Crippen molar-refractivity contribution in [2.45, 2.75) is 25.3 Å². The van der Waals surface area contributed by atoms with Crippen LogP contribution in [0.2, 0.25) is 0 Å². The minimum Gasteiger partial charge on any atom is -0.434 e. The molecule has 0 saturated carbocycles. The van der Waals surface area contributed by atoms with Gasteiger partial charge < -0.3 is 4.74 Å². The lowest BCUT2D eigenvalue weighted by Gasteiger charge is -2.16. The Morgan fingerprint density at radius 1 is 1.28 bits per heavy atom. The van der Waals surface area contributed by atoms with Crippen LogP contribution in [0, 0.1) is 0 Å². The summed E-state index contributed by atoms with van der Waals surface area (Å²) in [5.74, 6) is -1.24. The van der Waals surface area contributed by atoms with Gasteiger partial charge in [0.15, 0.2) is 5.78 Å². The molecule has 1 unspecified atom stereocenters. The molecule has 0 N–H and O–H groups in total. The Hall–Kier alpha value is -1.30. The Morgan fingerprint density at radius 2 is 1.89 bits per heavy atom. The number of ether oxygens (including phenoxy) is 1. The summed E-state index contributed by atoms with van der Waals surface area (Å²) in [6, 6.07) is 3.37. The fourth-order valence-electron chi connectivity index (χ4n) is 1.43. The number of carbonyl (C=O) groups excluding carboxylic acids is 1. The van der Waals surface area contributed by atoms with Gasteiger partial charge in [-0.15, -0.1) is 11.6 Å². The van der Waals surface area contributed by atoms with E-state index in [-0.39, 0.29) is 5.56 Å². The van der Waals surface area contributed by atoms with Gasteiger partial charge in [-0.05, 0) is 18.6 Å². The topological polar surface area (TPSA) is 26.3 Å². The van der Waals surface area contributed by atoms with Crippen molar-refractivity contribution in [1.29, 1.82) is 0 Å². The summed E-state index contributed by atoms with van der Waals surface area (Å²) in [6.45, 7) is -2.11. The number of hydrogen-bond donors (Lipinski definition) is 0. The molecule has 7 heteroatoms. The highest BCUT2D eigenvalue weighted by Gasteiger charge is 2.26. The minimum atomic E-state index is -3.23. The molecule has 0 aliphatic rings. The maximum atomic E-state index is 12.9. The van der Waals surface area contributed by atoms with E-state index in [9.17, 15) is 22.4 Å². The third-order valence-corrected chi connectivity index (χ3v) is 2.71. The lowest BCUT2D eigenvalue weighted by molar-refractivity contribution is -0.116. The summed E-state index contributed by atoms with van der Waals surface area (Å²) >= 11 is 5.67. The van der Waals surface area contributed by atoms with Crippen LogP contribution >= 0.6 is 11.6 Å². The van der Waals surface area contributed by atoms with Crippen molar-refractivity contribution < 1.29 is 27.1 Å². The molecule has 1 aromatic carbocycles. The fourth-order valence-corrected chi connectivity index (χ4v) is 1.62. The maximum absolute atomic E-state index is 12.9. The van der Waals surface area contributed by atoms with Crippen LogP contribution in [0.25, 0.3) is 0 Å². The Labute approximate surface area is 105 Å². The van der Waals surface area contributed by atoms with E-state index in [1.807, 2.05) is 0 Å². The number of halogens is 5. The molecule has 0 heterocycles. The quantitative estimate of drug-likeness (QED) is 0.601. The molecule has 100 valence electrons. The van der Waals surface area contributed by atoms with E-state index in [0.29, 0.717) is 0 Å². The van der Waals surface area contributed by atoms with Crippen LogP contribution < -0.4 is 4.74 Å². The zero-order valence-corrected chi connectivity index (χ0v) is 9.93. The largest absolute Gasteiger partial charge is 0.434 e. The highest BCUT2D eigenvalue weighted by Crippen LogP contribution is 2.38. The number of Topliss-reactive ketones (excluding diaryl/α,β-unsaturated/α-hetero) is 1. The van der Waals surface area contributed by atoms with Crippen LogP contribution in [0.3, 0.4) is 0 Å². The van der Waals surface area contributed by atoms with Crippen LogP contribution in [0.4, 0.5) is 17.6 Å². The highest BCUT2D eigenvalue weighted by atomic mass is 35.5. The lowest BCUT2D eigenvalue weighted by atomic mass is 10.0. The van der Waals surface area contributed by atoms with E-state index in [2.05, 4.69) is 4.74 Å². The molecule has 0 fully saturated rings. The fraction of sp³-hybridized carbons (Fsp3) is 0.364. The van der Waals surface area contributed by atoms with E-state index < -0.39 is 35.5 Å². The molecule has 1 rings (SSSR count). The molecule has 2 nitrogen and oxygen atoms in total. The SMILES string of the molecule is CC(=O)C(Cl)c1cccc(OC(F)F)c1C(F)F. The third-order valence-electron chi connectivity index (χ3n) is 2.16. The van der Waals surface area contributed by atoms with E-state index in [4.69, 9.17) is 11.6 Å². The van der Waals surface area contributed by atoms with Gasteiger partial charge in [0.05, 0.1) is 5.56 Å². The summed E-state index contributed by atoms with van der Waals surface area (Å²) in [5.41, 5.74) is -1.01. The van der Waals surface area contributed by atoms with Gasteiger partial charge in [0, 0.05) is 0 Å². The number of ketones is 1. The Bertz CT molecular complexity index is 437. The molecule has 0 aliphatic carbocycles. The van der Waals surface area contributed by atoms with Crippen molar-refractivity contribution in [3.8, 4) is 5.75 Å². The van der Waals surface area contributed by atoms with Crippen LogP contribution in [0.15, 0.2) is 18.2 Å². The average molecular weight is 285 g/mol. The molecule has 0 radical (unpaired) electrons. The second kappa shape index (κ2) is 6.04. The van der Waals surface area contributed by atoms with Gasteiger partial charge in [-0.25, -0.2) is 8.78 Å². The van der Waals surface area contributed by atoms with Crippen molar-refractivity contribution >= 4 is 17.4 Å². The first kappa shape index (κ1) is 14.8. The van der Waals surface area contributed by atoms with Crippen LogP contribution in [0.5, 0.6) is 5.75 Å². The average Bonchev–Trinajstić information content (AvgIpc) is 2.26. The third kappa shape index (κ3) is 3.35. The van der Waals surface area contributed by atoms with Crippen molar-refractivity contribution in [1.82, 2.24) is 0 Å². The maximum Gasteiger partial charge on any atom is 0.387 e. The Morgan fingerprint density at radius 3 is 2.33 bits per heavy atom. The first-order valence-electron chi connectivity index (χ1n) is 4.85. The first-order chi connectivity index (χ1) is 8.34. The number of benzene rings is 1. The second-order valence-corrected chi connectivity index (χ2v) is 3.85. The number of carbonyl (C=O) groups is 1. The summed E-state index contributed by atoms with van der Waals surface area (Å²) in [5, 5.41) is -1.32. The molecule has 0 spiro atoms. The van der Waals surface area contributed by atoms with Crippen molar-refractivity contribution in [2.24, 2.45) is 0 Å². The summed E-state index contributed by atoms with van der Waals surface area (Å²) in [7, 11) is 0. The lowest BCUT2D eigenvalue weighted by Crippen LogP contribution is -2.10. The molecular formula is C11H9ClF4O2. The predicted octanol–water partition coefficient (Wildman–Crippen LogP) is 4.09. The molecule has 0 amide bonds. The summed E-state index contributed by atoms with van der Waals surface area (Å²) in [4.78, 5) is 11.1. The molecule has 0 aromatic heterocycles. The molecule has 0 aliphatic heterocycles. The van der Waals surface area contributed by atoms with Crippen molar-refractivity contribution in [3.63, 3.8) is 0 Å². The normalized spacial score (nSPS) is 12.9. The van der Waals surface area contributed by atoms with Crippen molar-refractivity contribution in [3.05, 3.63) is 29.3 Å². The smallest absolute Gasteiger partial charge is 0.387 e. The monoisotopic (exact) mass is 284 g/mol. The number of rotatable bonds is 5. The number of hydrogen-bond acceptors (Lipinski definition) is 2. The van der Waals surface area contributed by atoms with Gasteiger partial charge in [-0.1, -0.05) is 12.1 Å².